The van der Waals surface area contributed by atoms with E-state index >= 15 is 0 Å². The summed E-state index contributed by atoms with van der Waals surface area (Å²) in [6.07, 6.45) is -0.796. The Kier molecular flexibility index (Phi) is 6.54. The number of carbonyl (C=O) groups excluding carboxylic acids is 3. The molecular weight excluding hydrogens is 350 g/mol. The van der Waals surface area contributed by atoms with Crippen molar-refractivity contribution in [3.63, 3.8) is 0 Å². The molecule has 0 aliphatic rings. The van der Waals surface area contributed by atoms with Crippen LogP contribution in [-0.2, 0) is 14.3 Å². The fourth-order valence-corrected chi connectivity index (χ4v) is 2.36. The van der Waals surface area contributed by atoms with E-state index < -0.39 is 23.9 Å². The number of amides is 1. The molecule has 2 aromatic carbocycles. The highest BCUT2D eigenvalue weighted by Gasteiger charge is 2.18. The van der Waals surface area contributed by atoms with Crippen LogP contribution >= 0.6 is 0 Å². The molecule has 0 spiro atoms. The van der Waals surface area contributed by atoms with Crippen molar-refractivity contribution in [2.45, 2.75) is 20.0 Å². The van der Waals surface area contributed by atoms with Crippen LogP contribution in [-0.4, -0.2) is 38.2 Å². The first-order valence-corrected chi connectivity index (χ1v) is 8.20. The van der Waals surface area contributed by atoms with Crippen molar-refractivity contribution < 1.29 is 28.6 Å². The summed E-state index contributed by atoms with van der Waals surface area (Å²) in [6, 6.07) is 11.5. The van der Waals surface area contributed by atoms with Crippen LogP contribution in [0.1, 0.15) is 33.2 Å². The third-order valence-electron chi connectivity index (χ3n) is 3.71. The minimum Gasteiger partial charge on any atom is -0.481 e. The predicted octanol–water partition coefficient (Wildman–Crippen LogP) is 2.97. The molecular formula is C20H21NO6. The summed E-state index contributed by atoms with van der Waals surface area (Å²) in [6.45, 7) is 3.52. The molecule has 2 aromatic rings. The number of nitrogens with one attached hydrogen (secondary N) is 1. The Labute approximate surface area is 157 Å². The maximum atomic E-state index is 12.4. The van der Waals surface area contributed by atoms with Gasteiger partial charge in [-0.05, 0) is 49.7 Å². The van der Waals surface area contributed by atoms with Gasteiger partial charge in [-0.3, -0.25) is 4.79 Å². The smallest absolute Gasteiger partial charge is 0.337 e. The van der Waals surface area contributed by atoms with Crippen molar-refractivity contribution in [2.75, 3.05) is 19.5 Å². The molecule has 0 bridgehead atoms. The van der Waals surface area contributed by atoms with Gasteiger partial charge < -0.3 is 19.5 Å². The number of carbonyl (C=O) groups is 3. The van der Waals surface area contributed by atoms with E-state index in [4.69, 9.17) is 4.74 Å². The monoisotopic (exact) mass is 371 g/mol. The van der Waals surface area contributed by atoms with E-state index in [2.05, 4.69) is 14.8 Å². The lowest BCUT2D eigenvalue weighted by Crippen LogP contribution is -2.30. The lowest BCUT2D eigenvalue weighted by Gasteiger charge is -2.16. The Hall–Kier alpha value is -3.35. The molecule has 2 rings (SSSR count). The molecule has 0 radical (unpaired) electrons. The lowest BCUT2D eigenvalue weighted by molar-refractivity contribution is -0.122. The van der Waals surface area contributed by atoms with E-state index in [0.29, 0.717) is 5.75 Å². The average Bonchev–Trinajstić information content (AvgIpc) is 2.66. The Balaban J connectivity index is 2.20. The number of esters is 2. The summed E-state index contributed by atoms with van der Waals surface area (Å²) < 4.78 is 15.0. The molecule has 0 saturated carbocycles. The zero-order valence-corrected chi connectivity index (χ0v) is 15.6. The Bertz CT molecular complexity index is 827. The highest BCUT2D eigenvalue weighted by Crippen LogP contribution is 2.19. The number of methoxy groups -OCH3 is 2. The maximum Gasteiger partial charge on any atom is 0.337 e. The van der Waals surface area contributed by atoms with Crippen molar-refractivity contribution in [3.8, 4) is 5.75 Å². The maximum absolute atomic E-state index is 12.4. The molecule has 7 heteroatoms. The van der Waals surface area contributed by atoms with Crippen molar-refractivity contribution in [1.29, 1.82) is 0 Å². The van der Waals surface area contributed by atoms with Gasteiger partial charge in [-0.2, -0.15) is 0 Å². The SMILES string of the molecule is COC(=O)c1cc(NC(=O)[C@H](C)Oc2cccc(C)c2)cc(C(=O)OC)c1. The van der Waals surface area contributed by atoms with Gasteiger partial charge >= 0.3 is 11.9 Å². The van der Waals surface area contributed by atoms with Crippen LogP contribution in [0.3, 0.4) is 0 Å². The fourth-order valence-electron chi connectivity index (χ4n) is 2.36. The van der Waals surface area contributed by atoms with Gasteiger partial charge in [0.15, 0.2) is 6.10 Å². The largest absolute Gasteiger partial charge is 0.481 e. The number of hydrogen-bond acceptors (Lipinski definition) is 6. The third-order valence-corrected chi connectivity index (χ3v) is 3.71. The van der Waals surface area contributed by atoms with Gasteiger partial charge in [-0.15, -0.1) is 0 Å². The van der Waals surface area contributed by atoms with Gasteiger partial charge in [-0.25, -0.2) is 9.59 Å². The zero-order valence-electron chi connectivity index (χ0n) is 15.6. The van der Waals surface area contributed by atoms with Crippen LogP contribution in [0.2, 0.25) is 0 Å². The van der Waals surface area contributed by atoms with Crippen LogP contribution in [0.5, 0.6) is 5.75 Å². The topological polar surface area (TPSA) is 90.9 Å². The Morgan fingerprint density at radius 2 is 1.52 bits per heavy atom. The molecule has 0 unspecified atom stereocenters. The van der Waals surface area contributed by atoms with Gasteiger partial charge in [0.1, 0.15) is 5.75 Å². The van der Waals surface area contributed by atoms with Crippen molar-refractivity contribution in [1.82, 2.24) is 0 Å². The fraction of sp³-hybridized carbons (Fsp3) is 0.250. The molecule has 0 fully saturated rings. The number of rotatable bonds is 6. The quantitative estimate of drug-likeness (QED) is 0.785. The van der Waals surface area contributed by atoms with E-state index in [9.17, 15) is 14.4 Å². The summed E-state index contributed by atoms with van der Waals surface area (Å²) in [4.78, 5) is 36.1. The van der Waals surface area contributed by atoms with E-state index in [-0.39, 0.29) is 16.8 Å². The summed E-state index contributed by atoms with van der Waals surface area (Å²) in [7, 11) is 2.45. The Morgan fingerprint density at radius 3 is 2.04 bits per heavy atom. The van der Waals surface area contributed by atoms with Crippen molar-refractivity contribution in [2.24, 2.45) is 0 Å². The summed E-state index contributed by atoms with van der Waals surface area (Å²) >= 11 is 0. The number of aryl methyl sites for hydroxylation is 1. The van der Waals surface area contributed by atoms with Crippen molar-refractivity contribution in [3.05, 3.63) is 59.2 Å². The summed E-state index contributed by atoms with van der Waals surface area (Å²) in [5.41, 5.74) is 1.49. The van der Waals surface area contributed by atoms with Crippen LogP contribution in [0.4, 0.5) is 5.69 Å². The second-order valence-corrected chi connectivity index (χ2v) is 5.85. The first-order valence-electron chi connectivity index (χ1n) is 8.20. The Morgan fingerprint density at radius 1 is 0.926 bits per heavy atom. The molecule has 1 amide bonds. The van der Waals surface area contributed by atoms with Gasteiger partial charge in [0.25, 0.3) is 5.91 Å². The molecule has 27 heavy (non-hydrogen) atoms. The van der Waals surface area contributed by atoms with Gasteiger partial charge in [0, 0.05) is 5.69 Å². The molecule has 0 aromatic heterocycles. The standard InChI is InChI=1S/C20H21NO6/c1-12-6-5-7-17(8-12)27-13(2)18(22)21-16-10-14(19(23)25-3)9-15(11-16)20(24)26-4/h5-11,13H,1-4H3,(H,21,22)/t13-/m0/s1. The second kappa shape index (κ2) is 8.84. The van der Waals surface area contributed by atoms with Crippen molar-refractivity contribution >= 4 is 23.5 Å². The third kappa shape index (κ3) is 5.31. The molecule has 1 atom stereocenters. The first-order chi connectivity index (χ1) is 12.8. The van der Waals surface area contributed by atoms with Crippen LogP contribution < -0.4 is 10.1 Å². The zero-order chi connectivity index (χ0) is 20.0. The van der Waals surface area contributed by atoms with E-state index in [1.807, 2.05) is 25.1 Å². The van der Waals surface area contributed by atoms with E-state index in [1.54, 1.807) is 13.0 Å². The minimum absolute atomic E-state index is 0.114. The highest BCUT2D eigenvalue weighted by molar-refractivity contribution is 6.00. The van der Waals surface area contributed by atoms with Gasteiger partial charge in [0.05, 0.1) is 25.3 Å². The second-order valence-electron chi connectivity index (χ2n) is 5.85. The molecule has 142 valence electrons. The predicted molar refractivity (Wildman–Crippen MR) is 99.0 cm³/mol. The molecule has 0 aliphatic carbocycles. The normalized spacial score (nSPS) is 11.3. The number of ether oxygens (including phenoxy) is 3. The number of benzene rings is 2. The minimum atomic E-state index is -0.796. The van der Waals surface area contributed by atoms with Crippen LogP contribution in [0.25, 0.3) is 0 Å². The van der Waals surface area contributed by atoms with Crippen LogP contribution in [0.15, 0.2) is 42.5 Å². The molecule has 1 N–H and O–H groups in total. The van der Waals surface area contributed by atoms with E-state index in [1.165, 1.54) is 32.4 Å². The average molecular weight is 371 g/mol. The lowest BCUT2D eigenvalue weighted by atomic mass is 10.1. The molecule has 0 heterocycles. The summed E-state index contributed by atoms with van der Waals surface area (Å²) in [5, 5.41) is 2.64. The number of hydrogen-bond donors (Lipinski definition) is 1. The molecule has 7 nitrogen and oxygen atoms in total. The summed E-state index contributed by atoms with van der Waals surface area (Å²) in [5.74, 6) is -1.15. The number of anilines is 1. The van der Waals surface area contributed by atoms with Gasteiger partial charge in [-0.1, -0.05) is 12.1 Å². The van der Waals surface area contributed by atoms with E-state index in [0.717, 1.165) is 5.56 Å². The molecule has 0 aliphatic heterocycles. The highest BCUT2D eigenvalue weighted by atomic mass is 16.5. The molecule has 0 saturated heterocycles. The first kappa shape index (κ1) is 20.0. The van der Waals surface area contributed by atoms with Crippen LogP contribution in [0, 0.1) is 6.92 Å². The van der Waals surface area contributed by atoms with Gasteiger partial charge in [0.2, 0.25) is 0 Å².